The number of nitrogens with zero attached hydrogens (tertiary/aromatic N) is 1. The fourth-order valence-corrected chi connectivity index (χ4v) is 1.94. The number of anilines is 1. The summed E-state index contributed by atoms with van der Waals surface area (Å²) in [6.07, 6.45) is 3.41. The summed E-state index contributed by atoms with van der Waals surface area (Å²) >= 11 is 3.37. The Balaban J connectivity index is 1.94. The van der Waals surface area contributed by atoms with Gasteiger partial charge >= 0.3 is 6.03 Å². The van der Waals surface area contributed by atoms with E-state index in [0.717, 1.165) is 10.0 Å². The summed E-state index contributed by atoms with van der Waals surface area (Å²) in [6, 6.07) is 13.9. The summed E-state index contributed by atoms with van der Waals surface area (Å²) in [5, 5.41) is 11.9. The molecule has 0 aliphatic heterocycles. The molecular formula is C16H15BrN2O2. The molecule has 0 unspecified atom stereocenters. The Kier molecular flexibility index (Phi) is 5.00. The molecule has 0 heterocycles. The second-order valence-electron chi connectivity index (χ2n) is 4.41. The van der Waals surface area contributed by atoms with E-state index in [1.165, 1.54) is 17.0 Å². The number of hydrogen-bond donors (Lipinski definition) is 2. The predicted molar refractivity (Wildman–Crippen MR) is 88.2 cm³/mol. The topological polar surface area (TPSA) is 52.6 Å². The Morgan fingerprint density at radius 3 is 2.38 bits per heavy atom. The smallest absolute Gasteiger partial charge is 0.325 e. The molecule has 0 saturated carbocycles. The number of rotatable bonds is 3. The molecule has 0 aromatic heterocycles. The van der Waals surface area contributed by atoms with Gasteiger partial charge in [-0.1, -0.05) is 28.1 Å². The van der Waals surface area contributed by atoms with Crippen molar-refractivity contribution in [2.24, 2.45) is 0 Å². The Bertz CT molecular complexity index is 636. The monoisotopic (exact) mass is 346 g/mol. The van der Waals surface area contributed by atoms with Crippen LogP contribution in [0.15, 0.2) is 59.2 Å². The molecule has 4 nitrogen and oxygen atoms in total. The van der Waals surface area contributed by atoms with Gasteiger partial charge in [-0.15, -0.1) is 0 Å². The summed E-state index contributed by atoms with van der Waals surface area (Å²) in [5.41, 5.74) is 1.69. The number of urea groups is 1. The SMILES string of the molecule is CN(C(=O)N/C=C/c1ccc(Br)cc1)c1ccc(O)cc1. The highest BCUT2D eigenvalue weighted by atomic mass is 79.9. The number of aromatic hydroxyl groups is 1. The molecule has 0 saturated heterocycles. The minimum Gasteiger partial charge on any atom is -0.508 e. The first-order valence-corrected chi connectivity index (χ1v) is 7.11. The molecule has 0 aliphatic rings. The van der Waals surface area contributed by atoms with E-state index in [-0.39, 0.29) is 11.8 Å². The predicted octanol–water partition coefficient (Wildman–Crippen LogP) is 3.97. The van der Waals surface area contributed by atoms with Gasteiger partial charge < -0.3 is 10.4 Å². The van der Waals surface area contributed by atoms with Crippen LogP contribution in [0.5, 0.6) is 5.75 Å². The molecule has 0 radical (unpaired) electrons. The maximum absolute atomic E-state index is 12.0. The second-order valence-corrected chi connectivity index (χ2v) is 5.33. The molecule has 2 N–H and O–H groups in total. The van der Waals surface area contributed by atoms with Crippen molar-refractivity contribution in [1.29, 1.82) is 0 Å². The maximum atomic E-state index is 12.0. The molecule has 0 bridgehead atoms. The number of halogens is 1. The molecule has 0 aliphatic carbocycles. The van der Waals surface area contributed by atoms with Crippen molar-refractivity contribution in [3.63, 3.8) is 0 Å². The van der Waals surface area contributed by atoms with Gasteiger partial charge in [0.15, 0.2) is 0 Å². The van der Waals surface area contributed by atoms with E-state index in [9.17, 15) is 9.90 Å². The highest BCUT2D eigenvalue weighted by Crippen LogP contribution is 2.17. The van der Waals surface area contributed by atoms with E-state index >= 15 is 0 Å². The highest BCUT2D eigenvalue weighted by molar-refractivity contribution is 9.10. The average Bonchev–Trinajstić information content (AvgIpc) is 2.49. The summed E-state index contributed by atoms with van der Waals surface area (Å²) < 4.78 is 1.01. The zero-order valence-electron chi connectivity index (χ0n) is 11.5. The van der Waals surface area contributed by atoms with Crippen molar-refractivity contribution in [2.75, 3.05) is 11.9 Å². The number of carbonyl (C=O) groups excluding carboxylic acids is 1. The minimum absolute atomic E-state index is 0.169. The molecule has 0 spiro atoms. The lowest BCUT2D eigenvalue weighted by Gasteiger charge is -2.16. The number of hydrogen-bond acceptors (Lipinski definition) is 2. The van der Waals surface area contributed by atoms with Gasteiger partial charge in [0.05, 0.1) is 0 Å². The second kappa shape index (κ2) is 6.95. The Labute approximate surface area is 131 Å². The van der Waals surface area contributed by atoms with Crippen LogP contribution in [0.3, 0.4) is 0 Å². The molecule has 2 aromatic rings. The first-order chi connectivity index (χ1) is 10.1. The summed E-state index contributed by atoms with van der Waals surface area (Å²) in [7, 11) is 1.66. The molecule has 2 rings (SSSR count). The molecule has 0 fully saturated rings. The van der Waals surface area contributed by atoms with Gasteiger partial charge in [0.25, 0.3) is 0 Å². The molecule has 0 atom stereocenters. The molecular weight excluding hydrogens is 332 g/mol. The molecule has 5 heteroatoms. The van der Waals surface area contributed by atoms with Crippen molar-refractivity contribution < 1.29 is 9.90 Å². The van der Waals surface area contributed by atoms with Crippen molar-refractivity contribution in [1.82, 2.24) is 5.32 Å². The van der Waals surface area contributed by atoms with Crippen LogP contribution in [0.1, 0.15) is 5.56 Å². The van der Waals surface area contributed by atoms with Gasteiger partial charge in [-0.3, -0.25) is 4.90 Å². The molecule has 2 amide bonds. The van der Waals surface area contributed by atoms with Crippen LogP contribution >= 0.6 is 15.9 Å². The Morgan fingerprint density at radius 1 is 1.14 bits per heavy atom. The van der Waals surface area contributed by atoms with Crippen molar-refractivity contribution in [3.05, 3.63) is 64.8 Å². The van der Waals surface area contributed by atoms with Crippen LogP contribution in [0.2, 0.25) is 0 Å². The van der Waals surface area contributed by atoms with Crippen LogP contribution < -0.4 is 10.2 Å². The molecule has 21 heavy (non-hydrogen) atoms. The largest absolute Gasteiger partial charge is 0.508 e. The highest BCUT2D eigenvalue weighted by Gasteiger charge is 2.08. The van der Waals surface area contributed by atoms with E-state index in [1.54, 1.807) is 25.4 Å². The lowest BCUT2D eigenvalue weighted by atomic mass is 10.2. The van der Waals surface area contributed by atoms with Crippen molar-refractivity contribution in [3.8, 4) is 5.75 Å². The first kappa shape index (κ1) is 15.1. The molecule has 108 valence electrons. The summed E-state index contributed by atoms with van der Waals surface area (Å²) in [5.74, 6) is 0.169. The minimum atomic E-state index is -0.256. The van der Waals surface area contributed by atoms with Gasteiger partial charge in [-0.25, -0.2) is 4.79 Å². The fourth-order valence-electron chi connectivity index (χ4n) is 1.67. The number of amides is 2. The number of benzene rings is 2. The van der Waals surface area contributed by atoms with Gasteiger partial charge in [0, 0.05) is 23.4 Å². The third kappa shape index (κ3) is 4.36. The van der Waals surface area contributed by atoms with Crippen LogP contribution in [0.4, 0.5) is 10.5 Å². The lowest BCUT2D eigenvalue weighted by Crippen LogP contribution is -2.34. The number of phenolic OH excluding ortho intramolecular Hbond substituents is 1. The molecule has 2 aromatic carbocycles. The van der Waals surface area contributed by atoms with E-state index in [1.807, 2.05) is 30.3 Å². The Hall–Kier alpha value is -2.27. The van der Waals surface area contributed by atoms with E-state index < -0.39 is 0 Å². The fraction of sp³-hybridized carbons (Fsp3) is 0.0625. The number of nitrogens with one attached hydrogen (secondary N) is 1. The van der Waals surface area contributed by atoms with Crippen LogP contribution in [-0.2, 0) is 0 Å². The van der Waals surface area contributed by atoms with Crippen LogP contribution in [0, 0.1) is 0 Å². The summed E-state index contributed by atoms with van der Waals surface area (Å²) in [6.45, 7) is 0. The average molecular weight is 347 g/mol. The van der Waals surface area contributed by atoms with E-state index in [0.29, 0.717) is 5.69 Å². The Morgan fingerprint density at radius 2 is 1.76 bits per heavy atom. The lowest BCUT2D eigenvalue weighted by molar-refractivity contribution is 0.250. The third-order valence-corrected chi connectivity index (χ3v) is 3.42. The third-order valence-electron chi connectivity index (χ3n) is 2.89. The first-order valence-electron chi connectivity index (χ1n) is 6.31. The van der Waals surface area contributed by atoms with E-state index in [2.05, 4.69) is 21.2 Å². The van der Waals surface area contributed by atoms with Crippen LogP contribution in [-0.4, -0.2) is 18.2 Å². The zero-order chi connectivity index (χ0) is 15.2. The summed E-state index contributed by atoms with van der Waals surface area (Å²) in [4.78, 5) is 13.4. The van der Waals surface area contributed by atoms with Crippen molar-refractivity contribution in [2.45, 2.75) is 0 Å². The number of carbonyl (C=O) groups is 1. The van der Waals surface area contributed by atoms with Crippen LogP contribution in [0.25, 0.3) is 6.08 Å². The quantitative estimate of drug-likeness (QED) is 0.883. The van der Waals surface area contributed by atoms with Gasteiger partial charge in [-0.2, -0.15) is 0 Å². The zero-order valence-corrected chi connectivity index (χ0v) is 13.0. The maximum Gasteiger partial charge on any atom is 0.325 e. The standard InChI is InChI=1S/C16H15BrN2O2/c1-19(14-6-8-15(20)9-7-14)16(21)18-11-10-12-2-4-13(17)5-3-12/h2-11,20H,1H3,(H,18,21)/b11-10+. The van der Waals surface area contributed by atoms with E-state index in [4.69, 9.17) is 0 Å². The number of phenols is 1. The van der Waals surface area contributed by atoms with Gasteiger partial charge in [0.2, 0.25) is 0 Å². The normalized spacial score (nSPS) is 10.6. The van der Waals surface area contributed by atoms with Crippen molar-refractivity contribution >= 4 is 33.7 Å². The van der Waals surface area contributed by atoms with Gasteiger partial charge in [0.1, 0.15) is 5.75 Å². The van der Waals surface area contributed by atoms with Gasteiger partial charge in [-0.05, 0) is 48.0 Å².